The minimum absolute atomic E-state index is 0.522. The number of nitrogens with one attached hydrogen (secondary N) is 1. The highest BCUT2D eigenvalue weighted by molar-refractivity contribution is 5.49. The van der Waals surface area contributed by atoms with E-state index < -0.39 is 0 Å². The lowest BCUT2D eigenvalue weighted by molar-refractivity contribution is 0.842. The van der Waals surface area contributed by atoms with Crippen LogP contribution in [0.25, 0.3) is 0 Å². The molecule has 1 heterocycles. The molecule has 0 amide bonds. The molecular formula is C11H20N4. The van der Waals surface area contributed by atoms with Crippen molar-refractivity contribution in [3.63, 3.8) is 0 Å². The summed E-state index contributed by atoms with van der Waals surface area (Å²) in [5.41, 5.74) is 9.21. The minimum Gasteiger partial charge on any atom is -0.369 e. The fourth-order valence-electron chi connectivity index (χ4n) is 1.78. The topological polar surface area (TPSA) is 63.8 Å². The lowest BCUT2D eigenvalue weighted by Gasteiger charge is -2.14. The number of nitrogens with zero attached hydrogens (tertiary/aromatic N) is 2. The Morgan fingerprint density at radius 3 is 2.27 bits per heavy atom. The molecule has 0 spiro atoms. The van der Waals surface area contributed by atoms with Gasteiger partial charge in [-0.2, -0.15) is 5.10 Å². The Kier molecular flexibility index (Phi) is 4.49. The Balaban J connectivity index is 3.21. The summed E-state index contributed by atoms with van der Waals surface area (Å²) < 4.78 is 0. The SMILES string of the molecule is CCNc1nnc(CC)c(CC)c1CN. The van der Waals surface area contributed by atoms with Gasteiger partial charge in [-0.15, -0.1) is 5.10 Å². The molecule has 0 bridgehead atoms. The summed E-state index contributed by atoms with van der Waals surface area (Å²) >= 11 is 0. The van der Waals surface area contributed by atoms with Crippen LogP contribution in [-0.2, 0) is 19.4 Å². The zero-order chi connectivity index (χ0) is 11.3. The monoisotopic (exact) mass is 208 g/mol. The van der Waals surface area contributed by atoms with Crippen molar-refractivity contribution in [2.75, 3.05) is 11.9 Å². The summed E-state index contributed by atoms with van der Waals surface area (Å²) in [6.07, 6.45) is 1.87. The van der Waals surface area contributed by atoms with E-state index in [1.807, 2.05) is 6.92 Å². The van der Waals surface area contributed by atoms with Gasteiger partial charge in [0.2, 0.25) is 0 Å². The van der Waals surface area contributed by atoms with Crippen LogP contribution in [0, 0.1) is 0 Å². The van der Waals surface area contributed by atoms with Crippen LogP contribution in [-0.4, -0.2) is 16.7 Å². The van der Waals surface area contributed by atoms with E-state index >= 15 is 0 Å². The molecule has 1 aromatic heterocycles. The maximum absolute atomic E-state index is 5.77. The van der Waals surface area contributed by atoms with Crippen molar-refractivity contribution in [1.29, 1.82) is 0 Å². The third kappa shape index (κ3) is 2.45. The second kappa shape index (κ2) is 5.66. The maximum atomic E-state index is 5.77. The first kappa shape index (κ1) is 11.9. The molecule has 0 saturated heterocycles. The number of rotatable bonds is 5. The van der Waals surface area contributed by atoms with Crippen molar-refractivity contribution < 1.29 is 0 Å². The number of aromatic nitrogens is 2. The Hall–Kier alpha value is -1.16. The predicted molar refractivity (Wildman–Crippen MR) is 62.8 cm³/mol. The zero-order valence-corrected chi connectivity index (χ0v) is 9.80. The summed E-state index contributed by atoms with van der Waals surface area (Å²) in [6, 6.07) is 0. The molecule has 0 aliphatic rings. The van der Waals surface area contributed by atoms with Crippen LogP contribution in [0.4, 0.5) is 5.82 Å². The van der Waals surface area contributed by atoms with E-state index in [9.17, 15) is 0 Å². The fraction of sp³-hybridized carbons (Fsp3) is 0.636. The van der Waals surface area contributed by atoms with Crippen molar-refractivity contribution in [3.05, 3.63) is 16.8 Å². The predicted octanol–water partition coefficient (Wildman–Crippen LogP) is 1.49. The van der Waals surface area contributed by atoms with Gasteiger partial charge < -0.3 is 11.1 Å². The second-order valence-electron chi connectivity index (χ2n) is 3.39. The molecule has 1 rings (SSSR count). The van der Waals surface area contributed by atoms with E-state index in [-0.39, 0.29) is 0 Å². The van der Waals surface area contributed by atoms with Crippen molar-refractivity contribution in [1.82, 2.24) is 10.2 Å². The zero-order valence-electron chi connectivity index (χ0n) is 9.80. The number of hydrogen-bond donors (Lipinski definition) is 2. The lowest BCUT2D eigenvalue weighted by atomic mass is 10.0. The molecule has 4 heteroatoms. The molecule has 4 nitrogen and oxygen atoms in total. The van der Waals surface area contributed by atoms with E-state index in [0.717, 1.165) is 36.5 Å². The molecule has 15 heavy (non-hydrogen) atoms. The van der Waals surface area contributed by atoms with Gasteiger partial charge in [-0.1, -0.05) is 13.8 Å². The largest absolute Gasteiger partial charge is 0.369 e. The van der Waals surface area contributed by atoms with Gasteiger partial charge in [0.15, 0.2) is 5.82 Å². The van der Waals surface area contributed by atoms with Gasteiger partial charge >= 0.3 is 0 Å². The molecule has 0 aliphatic carbocycles. The van der Waals surface area contributed by atoms with Gasteiger partial charge in [0.1, 0.15) is 0 Å². The van der Waals surface area contributed by atoms with Gasteiger partial charge in [0.05, 0.1) is 5.69 Å². The molecule has 0 radical (unpaired) electrons. The molecule has 0 aliphatic heterocycles. The van der Waals surface area contributed by atoms with Crippen molar-refractivity contribution >= 4 is 5.82 Å². The third-order valence-corrected chi connectivity index (χ3v) is 2.51. The summed E-state index contributed by atoms with van der Waals surface area (Å²) in [5, 5.41) is 11.6. The molecule has 0 unspecified atom stereocenters. The van der Waals surface area contributed by atoms with Gasteiger partial charge in [0, 0.05) is 18.7 Å². The first-order chi connectivity index (χ1) is 7.28. The summed E-state index contributed by atoms with van der Waals surface area (Å²) in [6.45, 7) is 7.63. The van der Waals surface area contributed by atoms with Crippen molar-refractivity contribution in [2.45, 2.75) is 40.2 Å². The number of nitrogens with two attached hydrogens (primary N) is 1. The van der Waals surface area contributed by atoms with E-state index in [0.29, 0.717) is 6.54 Å². The number of aryl methyl sites for hydroxylation is 1. The smallest absolute Gasteiger partial charge is 0.153 e. The van der Waals surface area contributed by atoms with Crippen LogP contribution in [0.15, 0.2) is 0 Å². The van der Waals surface area contributed by atoms with Crippen molar-refractivity contribution in [2.24, 2.45) is 5.73 Å². The standard InChI is InChI=1S/C11H20N4/c1-4-8-9(7-12)11(13-6-3)15-14-10(8)5-2/h4-7,12H2,1-3H3,(H,13,15). The molecule has 0 saturated carbocycles. The van der Waals surface area contributed by atoms with Crippen molar-refractivity contribution in [3.8, 4) is 0 Å². The molecule has 0 atom stereocenters. The average molecular weight is 208 g/mol. The molecule has 3 N–H and O–H groups in total. The Labute approximate surface area is 91.3 Å². The van der Waals surface area contributed by atoms with Gasteiger partial charge in [-0.05, 0) is 25.3 Å². The molecular weight excluding hydrogens is 188 g/mol. The van der Waals surface area contributed by atoms with Crippen LogP contribution in [0.1, 0.15) is 37.6 Å². The normalized spacial score (nSPS) is 10.4. The molecule has 0 aromatic carbocycles. The quantitative estimate of drug-likeness (QED) is 0.769. The Bertz CT molecular complexity index is 323. The summed E-state index contributed by atoms with van der Waals surface area (Å²) in [4.78, 5) is 0. The highest BCUT2D eigenvalue weighted by Crippen LogP contribution is 2.19. The van der Waals surface area contributed by atoms with E-state index in [1.165, 1.54) is 5.56 Å². The lowest BCUT2D eigenvalue weighted by Crippen LogP contribution is -2.13. The number of hydrogen-bond acceptors (Lipinski definition) is 4. The van der Waals surface area contributed by atoms with Gasteiger partial charge in [-0.25, -0.2) is 0 Å². The summed E-state index contributed by atoms with van der Waals surface area (Å²) in [5.74, 6) is 0.842. The average Bonchev–Trinajstić information content (AvgIpc) is 2.28. The first-order valence-electron chi connectivity index (χ1n) is 5.59. The van der Waals surface area contributed by atoms with Crippen LogP contribution in [0.2, 0.25) is 0 Å². The minimum atomic E-state index is 0.522. The van der Waals surface area contributed by atoms with Crippen LogP contribution >= 0.6 is 0 Å². The third-order valence-electron chi connectivity index (χ3n) is 2.51. The highest BCUT2D eigenvalue weighted by atomic mass is 15.2. The highest BCUT2D eigenvalue weighted by Gasteiger charge is 2.12. The van der Waals surface area contributed by atoms with Gasteiger partial charge in [-0.3, -0.25) is 0 Å². The fourth-order valence-corrected chi connectivity index (χ4v) is 1.78. The van der Waals surface area contributed by atoms with E-state index in [4.69, 9.17) is 5.73 Å². The first-order valence-corrected chi connectivity index (χ1v) is 5.59. The van der Waals surface area contributed by atoms with Crippen LogP contribution < -0.4 is 11.1 Å². The Morgan fingerprint density at radius 1 is 1.07 bits per heavy atom. The van der Waals surface area contributed by atoms with Gasteiger partial charge in [0.25, 0.3) is 0 Å². The van der Waals surface area contributed by atoms with E-state index in [1.54, 1.807) is 0 Å². The molecule has 0 fully saturated rings. The van der Waals surface area contributed by atoms with E-state index in [2.05, 4.69) is 29.4 Å². The Morgan fingerprint density at radius 2 is 1.80 bits per heavy atom. The second-order valence-corrected chi connectivity index (χ2v) is 3.39. The van der Waals surface area contributed by atoms with Crippen LogP contribution in [0.5, 0.6) is 0 Å². The summed E-state index contributed by atoms with van der Waals surface area (Å²) in [7, 11) is 0. The van der Waals surface area contributed by atoms with Crippen LogP contribution in [0.3, 0.4) is 0 Å². The maximum Gasteiger partial charge on any atom is 0.153 e. The molecule has 84 valence electrons. The molecule has 1 aromatic rings. The number of anilines is 1.